The second kappa shape index (κ2) is 7.64. The Bertz CT molecular complexity index is 930. The van der Waals surface area contributed by atoms with Crippen molar-refractivity contribution in [2.75, 3.05) is 26.2 Å². The third-order valence-electron chi connectivity index (χ3n) is 5.50. The minimum atomic E-state index is 0.108. The molecule has 4 nitrogen and oxygen atoms in total. The van der Waals surface area contributed by atoms with Gasteiger partial charge in [0.05, 0.1) is 36.4 Å². The monoisotopic (exact) mass is 394 g/mol. The number of amides is 1. The number of hydrogen-bond acceptors (Lipinski definition) is 3. The van der Waals surface area contributed by atoms with E-state index in [0.717, 1.165) is 43.8 Å². The van der Waals surface area contributed by atoms with Crippen molar-refractivity contribution in [3.63, 3.8) is 0 Å². The minimum absolute atomic E-state index is 0.108. The number of thiazole rings is 1. The summed E-state index contributed by atoms with van der Waals surface area (Å²) in [4.78, 5) is 21.1. The van der Waals surface area contributed by atoms with E-state index in [4.69, 9.17) is 4.98 Å². The molecular formula is C23H28N3OS+. The molecule has 4 rings (SSSR count). The molecule has 1 saturated heterocycles. The van der Waals surface area contributed by atoms with Gasteiger partial charge in [-0.15, -0.1) is 11.3 Å². The fourth-order valence-corrected chi connectivity index (χ4v) is 4.75. The Morgan fingerprint density at radius 1 is 1.07 bits per heavy atom. The van der Waals surface area contributed by atoms with Crippen molar-refractivity contribution in [3.05, 3.63) is 64.7 Å². The van der Waals surface area contributed by atoms with Gasteiger partial charge in [-0.05, 0) is 35.2 Å². The van der Waals surface area contributed by atoms with E-state index in [1.165, 1.54) is 20.2 Å². The van der Waals surface area contributed by atoms with Crippen LogP contribution < -0.4 is 4.90 Å². The van der Waals surface area contributed by atoms with Crippen LogP contribution in [0.15, 0.2) is 48.5 Å². The van der Waals surface area contributed by atoms with Crippen molar-refractivity contribution in [2.24, 2.45) is 0 Å². The summed E-state index contributed by atoms with van der Waals surface area (Å²) in [5, 5.41) is 1.19. The van der Waals surface area contributed by atoms with Gasteiger partial charge >= 0.3 is 0 Å². The molecule has 1 N–H and O–H groups in total. The molecule has 0 atom stereocenters. The average Bonchev–Trinajstić information content (AvgIpc) is 3.10. The van der Waals surface area contributed by atoms with Crippen LogP contribution in [0, 0.1) is 0 Å². The summed E-state index contributed by atoms with van der Waals surface area (Å²) < 4.78 is 1.25. The summed E-state index contributed by atoms with van der Waals surface area (Å²) in [6, 6.07) is 16.4. The maximum atomic E-state index is 12.8. The highest BCUT2D eigenvalue weighted by atomic mass is 32.1. The molecule has 1 amide bonds. The number of aromatic nitrogens is 1. The first-order chi connectivity index (χ1) is 13.4. The highest BCUT2D eigenvalue weighted by Crippen LogP contribution is 2.23. The lowest BCUT2D eigenvalue weighted by Gasteiger charge is -2.32. The van der Waals surface area contributed by atoms with Crippen molar-refractivity contribution in [1.82, 2.24) is 9.88 Å². The van der Waals surface area contributed by atoms with Crippen molar-refractivity contribution in [2.45, 2.75) is 32.7 Å². The second-order valence-electron chi connectivity index (χ2n) is 8.62. The Morgan fingerprint density at radius 2 is 1.75 bits per heavy atom. The summed E-state index contributed by atoms with van der Waals surface area (Å²) in [5.74, 6) is 0.152. The van der Waals surface area contributed by atoms with Crippen LogP contribution in [0.4, 0.5) is 0 Å². The number of carbonyl (C=O) groups is 1. The van der Waals surface area contributed by atoms with Crippen LogP contribution in [0.1, 0.15) is 41.7 Å². The first kappa shape index (κ1) is 19.1. The third-order valence-corrected chi connectivity index (χ3v) is 6.53. The molecule has 0 aliphatic carbocycles. The largest absolute Gasteiger partial charge is 0.327 e. The number of fused-ring (bicyclic) bond motifs is 1. The predicted octanol–water partition coefficient (Wildman–Crippen LogP) is 3.13. The molecule has 1 aromatic heterocycles. The zero-order valence-corrected chi connectivity index (χ0v) is 17.7. The van der Waals surface area contributed by atoms with Crippen LogP contribution in [0.2, 0.25) is 0 Å². The Morgan fingerprint density at radius 3 is 2.39 bits per heavy atom. The molecule has 28 heavy (non-hydrogen) atoms. The quantitative estimate of drug-likeness (QED) is 0.741. The minimum Gasteiger partial charge on any atom is -0.327 e. The number of carbonyl (C=O) groups excluding carboxylic acids is 1. The molecule has 0 spiro atoms. The number of piperazine rings is 1. The molecule has 2 heterocycles. The summed E-state index contributed by atoms with van der Waals surface area (Å²) >= 11 is 1.79. The van der Waals surface area contributed by atoms with Gasteiger partial charge in [-0.2, -0.15) is 0 Å². The van der Waals surface area contributed by atoms with Gasteiger partial charge < -0.3 is 9.80 Å². The number of rotatable bonds is 3. The predicted molar refractivity (Wildman–Crippen MR) is 115 cm³/mol. The third kappa shape index (κ3) is 4.10. The van der Waals surface area contributed by atoms with Crippen LogP contribution >= 0.6 is 11.3 Å². The van der Waals surface area contributed by atoms with E-state index in [-0.39, 0.29) is 11.3 Å². The van der Waals surface area contributed by atoms with Gasteiger partial charge in [-0.1, -0.05) is 45.0 Å². The molecule has 0 unspecified atom stereocenters. The molecule has 0 saturated carbocycles. The van der Waals surface area contributed by atoms with Crippen LogP contribution in [0.25, 0.3) is 10.2 Å². The molecule has 0 radical (unpaired) electrons. The SMILES string of the molecule is CC(C)(C)c1ccc(C(=O)N2CC[NH+](Cc3nc4ccccc4s3)CC2)cc1. The fourth-order valence-electron chi connectivity index (χ4n) is 3.71. The standard InChI is InChI=1S/C23H27N3OS/c1-23(2,3)18-10-8-17(9-11-18)22(27)26-14-12-25(13-15-26)16-21-24-19-6-4-5-7-20(19)28-21/h4-11H,12-16H2,1-3H3/p+1. The van der Waals surface area contributed by atoms with Crippen molar-refractivity contribution < 1.29 is 9.69 Å². The maximum Gasteiger partial charge on any atom is 0.254 e. The number of hydrogen-bond donors (Lipinski definition) is 1. The molecule has 0 bridgehead atoms. The van der Waals surface area contributed by atoms with E-state index in [0.29, 0.717) is 0 Å². The van der Waals surface area contributed by atoms with E-state index in [1.807, 2.05) is 23.1 Å². The van der Waals surface area contributed by atoms with Crippen LogP contribution in [-0.2, 0) is 12.0 Å². The molecule has 3 aromatic rings. The first-order valence-corrected chi connectivity index (χ1v) is 10.8. The van der Waals surface area contributed by atoms with Gasteiger partial charge in [0.25, 0.3) is 5.91 Å². The summed E-state index contributed by atoms with van der Waals surface area (Å²) in [6.07, 6.45) is 0. The maximum absolute atomic E-state index is 12.8. The normalized spacial score (nSPS) is 15.9. The average molecular weight is 395 g/mol. The van der Waals surface area contributed by atoms with Gasteiger partial charge in [0, 0.05) is 5.56 Å². The van der Waals surface area contributed by atoms with Gasteiger partial charge in [-0.3, -0.25) is 4.79 Å². The van der Waals surface area contributed by atoms with E-state index in [2.05, 4.69) is 51.1 Å². The number of nitrogens with zero attached hydrogens (tertiary/aromatic N) is 2. The summed E-state index contributed by atoms with van der Waals surface area (Å²) in [6.45, 7) is 11.1. The highest BCUT2D eigenvalue weighted by molar-refractivity contribution is 7.18. The number of quaternary nitrogens is 1. The molecule has 1 aliphatic heterocycles. The lowest BCUT2D eigenvalue weighted by atomic mass is 9.86. The summed E-state index contributed by atoms with van der Waals surface area (Å²) in [5.41, 5.74) is 3.25. The molecule has 1 aliphatic rings. The van der Waals surface area contributed by atoms with Crippen molar-refractivity contribution in [3.8, 4) is 0 Å². The van der Waals surface area contributed by atoms with E-state index >= 15 is 0 Å². The van der Waals surface area contributed by atoms with E-state index in [1.54, 1.807) is 11.3 Å². The summed E-state index contributed by atoms with van der Waals surface area (Å²) in [7, 11) is 0. The van der Waals surface area contributed by atoms with Crippen LogP contribution in [-0.4, -0.2) is 42.0 Å². The van der Waals surface area contributed by atoms with Gasteiger partial charge in [0.1, 0.15) is 11.6 Å². The molecule has 2 aromatic carbocycles. The number of para-hydroxylation sites is 1. The topological polar surface area (TPSA) is 37.6 Å². The van der Waals surface area contributed by atoms with Crippen LogP contribution in [0.3, 0.4) is 0 Å². The Balaban J connectivity index is 1.35. The van der Waals surface area contributed by atoms with Gasteiger partial charge in [-0.25, -0.2) is 4.98 Å². The number of benzene rings is 2. The second-order valence-corrected chi connectivity index (χ2v) is 9.74. The number of nitrogens with one attached hydrogen (secondary N) is 1. The van der Waals surface area contributed by atoms with Gasteiger partial charge in [0.2, 0.25) is 0 Å². The molecule has 146 valence electrons. The molecule has 5 heteroatoms. The lowest BCUT2D eigenvalue weighted by molar-refractivity contribution is -0.917. The van der Waals surface area contributed by atoms with Crippen molar-refractivity contribution in [1.29, 1.82) is 0 Å². The highest BCUT2D eigenvalue weighted by Gasteiger charge is 2.25. The zero-order valence-electron chi connectivity index (χ0n) is 16.9. The Kier molecular flexibility index (Phi) is 5.21. The van der Waals surface area contributed by atoms with Crippen molar-refractivity contribution >= 4 is 27.5 Å². The van der Waals surface area contributed by atoms with E-state index in [9.17, 15) is 4.79 Å². The Hall–Kier alpha value is -2.24. The Labute approximate surface area is 170 Å². The smallest absolute Gasteiger partial charge is 0.254 e. The molecule has 1 fully saturated rings. The zero-order chi connectivity index (χ0) is 19.7. The molecular weight excluding hydrogens is 366 g/mol. The fraction of sp³-hybridized carbons (Fsp3) is 0.391. The van der Waals surface area contributed by atoms with Gasteiger partial charge in [0.15, 0.2) is 0 Å². The van der Waals surface area contributed by atoms with E-state index < -0.39 is 0 Å². The van der Waals surface area contributed by atoms with Crippen LogP contribution in [0.5, 0.6) is 0 Å². The lowest BCUT2D eigenvalue weighted by Crippen LogP contribution is -3.13. The first-order valence-electron chi connectivity index (χ1n) is 9.98.